The van der Waals surface area contributed by atoms with Crippen LogP contribution in [0.25, 0.3) is 0 Å². The second kappa shape index (κ2) is 8.08. The maximum absolute atomic E-state index is 11.5. The van der Waals surface area contributed by atoms with E-state index in [2.05, 4.69) is 5.32 Å². The molecule has 0 unspecified atom stereocenters. The Labute approximate surface area is 116 Å². The molecule has 1 aliphatic heterocycles. The fourth-order valence-corrected chi connectivity index (χ4v) is 1.49. The summed E-state index contributed by atoms with van der Waals surface area (Å²) in [7, 11) is 0. The van der Waals surface area contributed by atoms with Gasteiger partial charge in [0.25, 0.3) is 11.8 Å². The van der Waals surface area contributed by atoms with Gasteiger partial charge in [-0.3, -0.25) is 24.1 Å². The molecule has 0 saturated carbocycles. The molecule has 0 fully saturated rings. The number of unbranched alkanes of at least 4 members (excludes halogenated alkanes) is 1. The summed E-state index contributed by atoms with van der Waals surface area (Å²) in [5, 5.41) is 2.46. The van der Waals surface area contributed by atoms with Crippen molar-refractivity contribution in [1.29, 1.82) is 0 Å². The molecule has 0 aromatic heterocycles. The van der Waals surface area contributed by atoms with Gasteiger partial charge in [-0.1, -0.05) is 13.3 Å². The maximum atomic E-state index is 11.5. The van der Waals surface area contributed by atoms with Crippen LogP contribution in [-0.4, -0.2) is 48.3 Å². The van der Waals surface area contributed by atoms with Crippen molar-refractivity contribution in [3.05, 3.63) is 12.2 Å². The zero-order chi connectivity index (χ0) is 15.0. The van der Waals surface area contributed by atoms with E-state index >= 15 is 0 Å². The molecule has 0 aromatic rings. The molecule has 20 heavy (non-hydrogen) atoms. The summed E-state index contributed by atoms with van der Waals surface area (Å²) in [6.45, 7) is 2.15. The van der Waals surface area contributed by atoms with Crippen molar-refractivity contribution in [2.45, 2.75) is 26.2 Å². The highest BCUT2D eigenvalue weighted by molar-refractivity contribution is 6.14. The molecule has 1 heterocycles. The summed E-state index contributed by atoms with van der Waals surface area (Å²) in [4.78, 5) is 46.0. The average Bonchev–Trinajstić information content (AvgIpc) is 2.71. The van der Waals surface area contributed by atoms with Crippen molar-refractivity contribution in [3.8, 4) is 0 Å². The van der Waals surface area contributed by atoms with Gasteiger partial charge >= 0.3 is 5.97 Å². The van der Waals surface area contributed by atoms with Crippen LogP contribution in [0.15, 0.2) is 12.2 Å². The third kappa shape index (κ3) is 5.21. The number of imide groups is 1. The Kier molecular flexibility index (Phi) is 6.42. The molecule has 1 aliphatic rings. The summed E-state index contributed by atoms with van der Waals surface area (Å²) in [6.07, 6.45) is 4.04. The Morgan fingerprint density at radius 1 is 1.25 bits per heavy atom. The largest absolute Gasteiger partial charge is 0.466 e. The number of nitrogens with zero attached hydrogens (tertiary/aromatic N) is 1. The molecule has 7 nitrogen and oxygen atoms in total. The molecule has 1 N–H and O–H groups in total. The summed E-state index contributed by atoms with van der Waals surface area (Å²) in [5.74, 6) is -1.89. The number of rotatable bonds is 8. The Morgan fingerprint density at radius 3 is 2.50 bits per heavy atom. The van der Waals surface area contributed by atoms with E-state index in [9.17, 15) is 19.2 Å². The molecule has 7 heteroatoms. The normalized spacial score (nSPS) is 13.8. The SMILES string of the molecule is CCCCOC(=O)CCNC(=O)CN1C(=O)C=CC1=O. The van der Waals surface area contributed by atoms with Gasteiger partial charge < -0.3 is 10.1 Å². The van der Waals surface area contributed by atoms with E-state index in [-0.39, 0.29) is 25.5 Å². The number of hydrogen-bond acceptors (Lipinski definition) is 5. The first-order valence-electron chi connectivity index (χ1n) is 6.50. The second-order valence-electron chi connectivity index (χ2n) is 4.27. The second-order valence-corrected chi connectivity index (χ2v) is 4.27. The number of carbonyl (C=O) groups is 4. The van der Waals surface area contributed by atoms with E-state index in [1.807, 2.05) is 6.92 Å². The van der Waals surface area contributed by atoms with Crippen molar-refractivity contribution >= 4 is 23.7 Å². The molecule has 0 atom stereocenters. The van der Waals surface area contributed by atoms with E-state index < -0.39 is 17.7 Å². The molecule has 0 radical (unpaired) electrons. The van der Waals surface area contributed by atoms with Gasteiger partial charge in [0.1, 0.15) is 6.54 Å². The highest BCUT2D eigenvalue weighted by Crippen LogP contribution is 2.02. The van der Waals surface area contributed by atoms with E-state index in [4.69, 9.17) is 4.74 Å². The van der Waals surface area contributed by atoms with Crippen molar-refractivity contribution < 1.29 is 23.9 Å². The quantitative estimate of drug-likeness (QED) is 0.377. The summed E-state index contributed by atoms with van der Waals surface area (Å²) < 4.78 is 4.91. The number of nitrogens with one attached hydrogen (secondary N) is 1. The molecule has 0 saturated heterocycles. The lowest BCUT2D eigenvalue weighted by molar-refractivity contribution is -0.144. The van der Waals surface area contributed by atoms with E-state index in [0.717, 1.165) is 29.9 Å². The molecule has 0 aliphatic carbocycles. The van der Waals surface area contributed by atoms with Crippen LogP contribution in [-0.2, 0) is 23.9 Å². The first kappa shape index (κ1) is 15.9. The zero-order valence-electron chi connectivity index (χ0n) is 11.4. The number of ether oxygens (including phenoxy) is 1. The molecule has 0 bridgehead atoms. The Hall–Kier alpha value is -2.18. The molecule has 1 rings (SSSR count). The predicted octanol–water partition coefficient (Wildman–Crippen LogP) is -0.239. The Morgan fingerprint density at radius 2 is 1.90 bits per heavy atom. The van der Waals surface area contributed by atoms with Gasteiger partial charge in [-0.05, 0) is 6.42 Å². The lowest BCUT2D eigenvalue weighted by Gasteiger charge is -2.13. The molecular weight excluding hydrogens is 264 g/mol. The van der Waals surface area contributed by atoms with E-state index in [0.29, 0.717) is 6.61 Å². The molecular formula is C13H18N2O5. The first-order valence-corrected chi connectivity index (χ1v) is 6.50. The minimum Gasteiger partial charge on any atom is -0.466 e. The zero-order valence-corrected chi connectivity index (χ0v) is 11.4. The lowest BCUT2D eigenvalue weighted by Crippen LogP contribution is -2.41. The maximum Gasteiger partial charge on any atom is 0.307 e. The van der Waals surface area contributed by atoms with Crippen molar-refractivity contribution in [1.82, 2.24) is 10.2 Å². The standard InChI is InChI=1S/C13H18N2O5/c1-2-3-8-20-13(19)6-7-14-10(16)9-15-11(17)4-5-12(15)18/h4-5H,2-3,6-9H2,1H3,(H,14,16). The van der Waals surface area contributed by atoms with Crippen LogP contribution >= 0.6 is 0 Å². The summed E-state index contributed by atoms with van der Waals surface area (Å²) >= 11 is 0. The third-order valence-corrected chi connectivity index (χ3v) is 2.61. The monoisotopic (exact) mass is 282 g/mol. The van der Waals surface area contributed by atoms with Gasteiger partial charge in [-0.25, -0.2) is 0 Å². The van der Waals surface area contributed by atoms with E-state index in [1.165, 1.54) is 0 Å². The van der Waals surface area contributed by atoms with E-state index in [1.54, 1.807) is 0 Å². The van der Waals surface area contributed by atoms with Crippen LogP contribution in [0.5, 0.6) is 0 Å². The topological polar surface area (TPSA) is 92.8 Å². The number of carbonyl (C=O) groups excluding carboxylic acids is 4. The molecule has 0 aromatic carbocycles. The van der Waals surface area contributed by atoms with Crippen LogP contribution in [0.1, 0.15) is 26.2 Å². The van der Waals surface area contributed by atoms with Crippen molar-refractivity contribution in [2.24, 2.45) is 0 Å². The fourth-order valence-electron chi connectivity index (χ4n) is 1.49. The number of amides is 3. The van der Waals surface area contributed by atoms with Gasteiger partial charge in [0.15, 0.2) is 0 Å². The first-order chi connectivity index (χ1) is 9.54. The van der Waals surface area contributed by atoms with Crippen molar-refractivity contribution in [3.63, 3.8) is 0 Å². The highest BCUT2D eigenvalue weighted by Gasteiger charge is 2.25. The number of esters is 1. The predicted molar refractivity (Wildman–Crippen MR) is 69.4 cm³/mol. The molecule has 0 spiro atoms. The molecule has 3 amide bonds. The molecule has 110 valence electrons. The van der Waals surface area contributed by atoms with Crippen LogP contribution < -0.4 is 5.32 Å². The minimum absolute atomic E-state index is 0.0651. The highest BCUT2D eigenvalue weighted by atomic mass is 16.5. The minimum atomic E-state index is -0.510. The third-order valence-electron chi connectivity index (χ3n) is 2.61. The number of hydrogen-bond donors (Lipinski definition) is 1. The van der Waals surface area contributed by atoms with Crippen LogP contribution in [0.3, 0.4) is 0 Å². The summed E-state index contributed by atoms with van der Waals surface area (Å²) in [6, 6.07) is 0. The summed E-state index contributed by atoms with van der Waals surface area (Å²) in [5.41, 5.74) is 0. The Bertz CT molecular complexity index is 412. The lowest BCUT2D eigenvalue weighted by atomic mass is 10.3. The van der Waals surface area contributed by atoms with Crippen LogP contribution in [0.4, 0.5) is 0 Å². The van der Waals surface area contributed by atoms with Crippen LogP contribution in [0.2, 0.25) is 0 Å². The van der Waals surface area contributed by atoms with Gasteiger partial charge in [0.05, 0.1) is 13.0 Å². The van der Waals surface area contributed by atoms with Gasteiger partial charge in [-0.15, -0.1) is 0 Å². The van der Waals surface area contributed by atoms with Gasteiger partial charge in [0.2, 0.25) is 5.91 Å². The van der Waals surface area contributed by atoms with Gasteiger partial charge in [0, 0.05) is 18.7 Å². The Balaban J connectivity index is 2.16. The average molecular weight is 282 g/mol. The van der Waals surface area contributed by atoms with Crippen molar-refractivity contribution in [2.75, 3.05) is 19.7 Å². The van der Waals surface area contributed by atoms with Gasteiger partial charge in [-0.2, -0.15) is 0 Å². The fraction of sp³-hybridized carbons (Fsp3) is 0.538. The smallest absolute Gasteiger partial charge is 0.307 e. The van der Waals surface area contributed by atoms with Crippen LogP contribution in [0, 0.1) is 0 Å².